The molecule has 0 atom stereocenters. The zero-order valence-corrected chi connectivity index (χ0v) is 35.1. The van der Waals surface area contributed by atoms with Gasteiger partial charge in [0.1, 0.15) is 17.2 Å². The molecule has 2 heterocycles. The average molecular weight is 825 g/mol. The van der Waals surface area contributed by atoms with Gasteiger partial charge in [-0.25, -0.2) is 8.78 Å². The number of aromatic nitrogens is 2. The number of aryl methyl sites for hydroxylation is 6. The molecule has 2 nitrogen and oxygen atoms in total. The van der Waals surface area contributed by atoms with Crippen LogP contribution >= 0.6 is 0 Å². The molecule has 10 aromatic rings. The summed E-state index contributed by atoms with van der Waals surface area (Å²) >= 11 is 0. The Morgan fingerprint density at radius 1 is 0.371 bits per heavy atom. The Morgan fingerprint density at radius 2 is 0.758 bits per heavy atom. The molecular weight excluding hydrogens is 784 g/mol. The van der Waals surface area contributed by atoms with Crippen molar-refractivity contribution in [2.24, 2.45) is 0 Å². The van der Waals surface area contributed by atoms with Crippen molar-refractivity contribution in [1.82, 2.24) is 9.13 Å². The third-order valence-electron chi connectivity index (χ3n) is 12.4. The Hall–Kier alpha value is -6.99. The molecule has 0 aliphatic rings. The second kappa shape index (κ2) is 14.3. The summed E-state index contributed by atoms with van der Waals surface area (Å²) in [5, 5.41) is 2.99. The minimum Gasteiger partial charge on any atom is -0.309 e. The maximum atomic E-state index is 16.4. The molecule has 2 aromatic heterocycles. The van der Waals surface area contributed by atoms with Crippen molar-refractivity contribution in [2.45, 2.75) is 47.7 Å². The van der Waals surface area contributed by atoms with E-state index in [1.165, 1.54) is 18.2 Å². The lowest BCUT2D eigenvalue weighted by Gasteiger charge is -2.23. The van der Waals surface area contributed by atoms with Crippen molar-refractivity contribution in [3.8, 4) is 44.8 Å². The largest absolute Gasteiger partial charge is 0.420 e. The van der Waals surface area contributed by atoms with E-state index in [1.54, 1.807) is 33.4 Å². The topological polar surface area (TPSA) is 9.86 Å². The Balaban J connectivity index is 1.34. The summed E-state index contributed by atoms with van der Waals surface area (Å²) in [6.45, 7) is 12.4. The van der Waals surface area contributed by atoms with E-state index >= 15 is 22.0 Å². The Morgan fingerprint density at radius 3 is 1.16 bits per heavy atom. The van der Waals surface area contributed by atoms with Crippen LogP contribution in [0.25, 0.3) is 88.4 Å². The van der Waals surface area contributed by atoms with Crippen LogP contribution in [0.1, 0.15) is 38.9 Å². The zero-order valence-electron chi connectivity index (χ0n) is 35.1. The van der Waals surface area contributed by atoms with Gasteiger partial charge in [0.25, 0.3) is 0 Å². The van der Waals surface area contributed by atoms with E-state index in [2.05, 4.69) is 65.8 Å². The van der Waals surface area contributed by atoms with Gasteiger partial charge in [0, 0.05) is 21.5 Å². The maximum Gasteiger partial charge on any atom is 0.420 e. The fraction of sp³-hybridized carbons (Fsp3) is 0.127. The van der Waals surface area contributed by atoms with Gasteiger partial charge in [-0.1, -0.05) is 90.0 Å². The lowest BCUT2D eigenvalue weighted by atomic mass is 9.93. The summed E-state index contributed by atoms with van der Waals surface area (Å²) in [6.07, 6.45) is -4.93. The van der Waals surface area contributed by atoms with Crippen LogP contribution in [0.3, 0.4) is 0 Å². The van der Waals surface area contributed by atoms with Crippen LogP contribution in [0.15, 0.2) is 140 Å². The first kappa shape index (κ1) is 39.2. The fourth-order valence-corrected chi connectivity index (χ4v) is 10.2. The number of nitrogens with zero attached hydrogens (tertiary/aromatic N) is 2. The molecule has 0 radical (unpaired) electrons. The minimum absolute atomic E-state index is 0.0273. The van der Waals surface area contributed by atoms with Crippen molar-refractivity contribution >= 4 is 43.6 Å². The first-order valence-electron chi connectivity index (χ1n) is 20.6. The summed E-state index contributed by atoms with van der Waals surface area (Å²) in [5.41, 5.74) is 10.9. The highest BCUT2D eigenvalue weighted by molar-refractivity contribution is 6.12. The molecule has 0 spiro atoms. The number of alkyl halides is 3. The molecule has 7 heteroatoms. The van der Waals surface area contributed by atoms with E-state index in [0.717, 1.165) is 89.3 Å². The van der Waals surface area contributed by atoms with Gasteiger partial charge < -0.3 is 9.13 Å². The van der Waals surface area contributed by atoms with Crippen LogP contribution in [-0.4, -0.2) is 9.13 Å². The van der Waals surface area contributed by atoms with Crippen molar-refractivity contribution in [1.29, 1.82) is 0 Å². The summed E-state index contributed by atoms with van der Waals surface area (Å²) in [6, 6.07) is 41.0. The second-order valence-corrected chi connectivity index (χ2v) is 16.7. The molecule has 0 unspecified atom stereocenters. The molecule has 0 aliphatic heterocycles. The van der Waals surface area contributed by atoms with Crippen molar-refractivity contribution in [3.05, 3.63) is 190 Å². The molecule has 62 heavy (non-hydrogen) atoms. The standard InChI is InChI=1S/C55H41F5N2/c1-30-22-32(3)51(33(4)23-30)36-18-20-47-41(26-36)39-12-7-9-16-45(39)61(47)49-28-38(53-43(56)14-11-15-44(53)57)29-50(54(49)55(58,59)60)62-46-17-10-8-13-40(46)42-27-37(19-21-48(42)62)52-34(5)24-31(2)25-35(52)6/h7-29H,1-6H3. The predicted octanol–water partition coefficient (Wildman–Crippen LogP) is 16.0. The van der Waals surface area contributed by atoms with Gasteiger partial charge in [0.2, 0.25) is 0 Å². The molecule has 8 aromatic carbocycles. The third-order valence-corrected chi connectivity index (χ3v) is 12.4. The van der Waals surface area contributed by atoms with Gasteiger partial charge in [0.05, 0.1) is 39.0 Å². The van der Waals surface area contributed by atoms with Crippen LogP contribution in [0.4, 0.5) is 22.0 Å². The Labute approximate surface area is 356 Å². The second-order valence-electron chi connectivity index (χ2n) is 16.7. The quantitative estimate of drug-likeness (QED) is 0.153. The lowest BCUT2D eigenvalue weighted by molar-refractivity contribution is -0.137. The van der Waals surface area contributed by atoms with E-state index < -0.39 is 28.9 Å². The molecular formula is C55H41F5N2. The van der Waals surface area contributed by atoms with Crippen LogP contribution in [0, 0.1) is 53.2 Å². The molecule has 10 rings (SSSR count). The Bertz CT molecular complexity index is 3230. The predicted molar refractivity (Wildman–Crippen MR) is 245 cm³/mol. The minimum atomic E-state index is -4.93. The normalized spacial score (nSPS) is 12.1. The SMILES string of the molecule is Cc1cc(C)c(-c2ccc3c(c2)c2ccccc2n3-c2cc(-c3c(F)cccc3F)cc(-n3c4ccccc4c4cc(-c5c(C)cc(C)cc5C)ccc43)c2C(F)(F)F)c(C)c1. The molecule has 0 saturated heterocycles. The smallest absolute Gasteiger partial charge is 0.309 e. The van der Waals surface area contributed by atoms with Gasteiger partial charge in [-0.2, -0.15) is 13.2 Å². The highest BCUT2D eigenvalue weighted by Crippen LogP contribution is 2.47. The van der Waals surface area contributed by atoms with Gasteiger partial charge in [-0.15, -0.1) is 0 Å². The summed E-state index contributed by atoms with van der Waals surface area (Å²) in [5.74, 6) is -1.76. The van der Waals surface area contributed by atoms with E-state index in [0.29, 0.717) is 22.1 Å². The van der Waals surface area contributed by atoms with Crippen molar-refractivity contribution in [3.63, 3.8) is 0 Å². The average Bonchev–Trinajstić information content (AvgIpc) is 3.72. The summed E-state index contributed by atoms with van der Waals surface area (Å²) in [4.78, 5) is 0. The van der Waals surface area contributed by atoms with Crippen LogP contribution in [0.5, 0.6) is 0 Å². The molecule has 0 N–H and O–H groups in total. The number of para-hydroxylation sites is 2. The lowest BCUT2D eigenvalue weighted by Crippen LogP contribution is -2.16. The van der Waals surface area contributed by atoms with Crippen molar-refractivity contribution in [2.75, 3.05) is 0 Å². The van der Waals surface area contributed by atoms with Crippen molar-refractivity contribution < 1.29 is 22.0 Å². The molecule has 0 saturated carbocycles. The fourth-order valence-electron chi connectivity index (χ4n) is 10.2. The zero-order chi connectivity index (χ0) is 43.4. The highest BCUT2D eigenvalue weighted by atomic mass is 19.4. The molecule has 0 fully saturated rings. The monoisotopic (exact) mass is 824 g/mol. The van der Waals surface area contributed by atoms with Gasteiger partial charge in [0.15, 0.2) is 0 Å². The Kier molecular flexibility index (Phi) is 9.04. The van der Waals surface area contributed by atoms with E-state index in [1.807, 2.05) is 60.7 Å². The highest BCUT2D eigenvalue weighted by Gasteiger charge is 2.40. The van der Waals surface area contributed by atoms with Crippen LogP contribution < -0.4 is 0 Å². The number of hydrogen-bond acceptors (Lipinski definition) is 0. The van der Waals surface area contributed by atoms with Gasteiger partial charge in [-0.3, -0.25) is 0 Å². The molecule has 0 bridgehead atoms. The van der Waals surface area contributed by atoms with E-state index in [-0.39, 0.29) is 16.9 Å². The van der Waals surface area contributed by atoms with Gasteiger partial charge >= 0.3 is 6.18 Å². The van der Waals surface area contributed by atoms with E-state index in [9.17, 15) is 0 Å². The van der Waals surface area contributed by atoms with Gasteiger partial charge in [-0.05, 0) is 152 Å². The summed E-state index contributed by atoms with van der Waals surface area (Å²) < 4.78 is 84.4. The van der Waals surface area contributed by atoms with Crippen LogP contribution in [0.2, 0.25) is 0 Å². The van der Waals surface area contributed by atoms with E-state index in [4.69, 9.17) is 0 Å². The first-order valence-corrected chi connectivity index (χ1v) is 20.6. The number of fused-ring (bicyclic) bond motifs is 6. The number of benzene rings is 8. The third kappa shape index (κ3) is 6.12. The summed E-state index contributed by atoms with van der Waals surface area (Å²) in [7, 11) is 0. The number of hydrogen-bond donors (Lipinski definition) is 0. The number of halogens is 5. The molecule has 0 aliphatic carbocycles. The maximum absolute atomic E-state index is 16.4. The molecule has 0 amide bonds. The number of rotatable bonds is 5. The van der Waals surface area contributed by atoms with Crippen LogP contribution in [-0.2, 0) is 6.18 Å². The molecule has 306 valence electrons. The first-order chi connectivity index (χ1) is 29.7.